The Morgan fingerprint density at radius 2 is 1.90 bits per heavy atom. The van der Waals surface area contributed by atoms with Gasteiger partial charge in [0.1, 0.15) is 0 Å². The fraction of sp³-hybridized carbons (Fsp3) is 0.318. The van der Waals surface area contributed by atoms with Crippen molar-refractivity contribution >= 4 is 22.8 Å². The SMILES string of the molecule is CN(Cc1cnc2ccccc2n1)C(=O)C1CCC(=O)N(Cc2ccccn2)C1. The molecule has 7 heteroatoms. The van der Waals surface area contributed by atoms with Crippen LogP contribution in [-0.2, 0) is 22.7 Å². The van der Waals surface area contributed by atoms with Crippen molar-refractivity contribution in [2.75, 3.05) is 13.6 Å². The van der Waals surface area contributed by atoms with Crippen molar-refractivity contribution in [3.63, 3.8) is 0 Å². The molecular formula is C22H23N5O2. The quantitative estimate of drug-likeness (QED) is 0.670. The molecule has 2 amide bonds. The number of hydrogen-bond donors (Lipinski definition) is 0. The molecule has 1 saturated heterocycles. The maximum Gasteiger partial charge on any atom is 0.227 e. The minimum absolute atomic E-state index is 0.0264. The summed E-state index contributed by atoms with van der Waals surface area (Å²) in [6.45, 7) is 1.24. The lowest BCUT2D eigenvalue weighted by Gasteiger charge is -2.33. The number of rotatable bonds is 5. The molecule has 1 atom stereocenters. The summed E-state index contributed by atoms with van der Waals surface area (Å²) in [5.41, 5.74) is 3.22. The van der Waals surface area contributed by atoms with Crippen LogP contribution in [0, 0.1) is 5.92 Å². The van der Waals surface area contributed by atoms with Gasteiger partial charge in [0.15, 0.2) is 0 Å². The van der Waals surface area contributed by atoms with E-state index in [1.165, 1.54) is 0 Å². The van der Waals surface area contributed by atoms with E-state index in [0.29, 0.717) is 32.5 Å². The van der Waals surface area contributed by atoms with Gasteiger partial charge in [0.05, 0.1) is 47.6 Å². The molecule has 0 spiro atoms. The van der Waals surface area contributed by atoms with Crippen LogP contribution in [0.25, 0.3) is 11.0 Å². The van der Waals surface area contributed by atoms with Gasteiger partial charge in [-0.15, -0.1) is 0 Å². The predicted octanol–water partition coefficient (Wildman–Crippen LogP) is 2.42. The van der Waals surface area contributed by atoms with Crippen LogP contribution in [0.1, 0.15) is 24.2 Å². The van der Waals surface area contributed by atoms with Gasteiger partial charge >= 0.3 is 0 Å². The number of nitrogens with zero attached hydrogens (tertiary/aromatic N) is 5. The maximum atomic E-state index is 13.0. The molecule has 3 heterocycles. The molecule has 7 nitrogen and oxygen atoms in total. The molecule has 2 aromatic heterocycles. The first-order valence-corrected chi connectivity index (χ1v) is 9.73. The van der Waals surface area contributed by atoms with E-state index in [1.807, 2.05) is 42.5 Å². The zero-order valence-electron chi connectivity index (χ0n) is 16.4. The summed E-state index contributed by atoms with van der Waals surface area (Å²) in [4.78, 5) is 42.0. The van der Waals surface area contributed by atoms with Gasteiger partial charge in [-0.3, -0.25) is 19.6 Å². The van der Waals surface area contributed by atoms with Crippen LogP contribution < -0.4 is 0 Å². The number of likely N-dealkylation sites (tertiary alicyclic amines) is 1. The summed E-state index contributed by atoms with van der Waals surface area (Å²) in [6, 6.07) is 13.3. The van der Waals surface area contributed by atoms with Crippen LogP contribution in [0.3, 0.4) is 0 Å². The van der Waals surface area contributed by atoms with E-state index in [9.17, 15) is 9.59 Å². The van der Waals surface area contributed by atoms with E-state index in [4.69, 9.17) is 0 Å². The molecule has 4 rings (SSSR count). The molecule has 0 radical (unpaired) electrons. The van der Waals surface area contributed by atoms with E-state index in [2.05, 4.69) is 15.0 Å². The van der Waals surface area contributed by atoms with Gasteiger partial charge in [0.2, 0.25) is 11.8 Å². The highest BCUT2D eigenvalue weighted by Crippen LogP contribution is 2.22. The summed E-state index contributed by atoms with van der Waals surface area (Å²) in [5, 5.41) is 0. The van der Waals surface area contributed by atoms with Crippen molar-refractivity contribution in [3.8, 4) is 0 Å². The number of fused-ring (bicyclic) bond motifs is 1. The Labute approximate surface area is 169 Å². The average molecular weight is 389 g/mol. The topological polar surface area (TPSA) is 79.3 Å². The normalized spacial score (nSPS) is 16.8. The highest BCUT2D eigenvalue weighted by atomic mass is 16.2. The number of hydrogen-bond acceptors (Lipinski definition) is 5. The maximum absolute atomic E-state index is 13.0. The number of carbonyl (C=O) groups is 2. The van der Waals surface area contributed by atoms with Gasteiger partial charge in [0, 0.05) is 26.2 Å². The minimum Gasteiger partial charge on any atom is -0.339 e. The molecule has 0 aliphatic carbocycles. The molecule has 0 N–H and O–H groups in total. The summed E-state index contributed by atoms with van der Waals surface area (Å²) in [5.74, 6) is -0.115. The van der Waals surface area contributed by atoms with Crippen LogP contribution in [0.2, 0.25) is 0 Å². The van der Waals surface area contributed by atoms with Gasteiger partial charge in [-0.1, -0.05) is 18.2 Å². The third-order valence-corrected chi connectivity index (χ3v) is 5.20. The third kappa shape index (κ3) is 4.39. The fourth-order valence-corrected chi connectivity index (χ4v) is 3.66. The first-order valence-electron chi connectivity index (χ1n) is 9.73. The lowest BCUT2D eigenvalue weighted by atomic mass is 9.96. The molecule has 1 unspecified atom stereocenters. The molecule has 1 aromatic carbocycles. The number of pyridine rings is 1. The Morgan fingerprint density at radius 3 is 2.69 bits per heavy atom. The number of carbonyl (C=O) groups excluding carboxylic acids is 2. The van der Waals surface area contributed by atoms with E-state index in [-0.39, 0.29) is 17.7 Å². The van der Waals surface area contributed by atoms with Gasteiger partial charge in [0.25, 0.3) is 0 Å². The average Bonchev–Trinajstić information content (AvgIpc) is 2.75. The lowest BCUT2D eigenvalue weighted by molar-refractivity contribution is -0.143. The molecule has 148 valence electrons. The molecule has 0 bridgehead atoms. The molecule has 29 heavy (non-hydrogen) atoms. The first kappa shape index (κ1) is 19.0. The molecular weight excluding hydrogens is 366 g/mol. The van der Waals surface area contributed by atoms with E-state index >= 15 is 0 Å². The van der Waals surface area contributed by atoms with E-state index < -0.39 is 0 Å². The van der Waals surface area contributed by atoms with Crippen molar-refractivity contribution < 1.29 is 9.59 Å². The largest absolute Gasteiger partial charge is 0.339 e. The van der Waals surface area contributed by atoms with Gasteiger partial charge in [-0.05, 0) is 30.7 Å². The zero-order chi connectivity index (χ0) is 20.2. The first-order chi connectivity index (χ1) is 14.1. The number of amides is 2. The molecule has 1 fully saturated rings. The Hall–Kier alpha value is -3.35. The second-order valence-electron chi connectivity index (χ2n) is 7.38. The van der Waals surface area contributed by atoms with Crippen molar-refractivity contribution in [1.29, 1.82) is 0 Å². The number of para-hydroxylation sites is 2. The fourth-order valence-electron chi connectivity index (χ4n) is 3.66. The van der Waals surface area contributed by atoms with Gasteiger partial charge in [-0.25, -0.2) is 4.98 Å². The Kier molecular flexibility index (Phi) is 5.46. The predicted molar refractivity (Wildman–Crippen MR) is 108 cm³/mol. The zero-order valence-corrected chi connectivity index (χ0v) is 16.4. The van der Waals surface area contributed by atoms with Crippen molar-refractivity contribution in [1.82, 2.24) is 24.8 Å². The van der Waals surface area contributed by atoms with Crippen LogP contribution in [0.15, 0.2) is 54.9 Å². The standard InChI is InChI=1S/C22H23N5O2/c1-26(14-18-12-24-19-7-2-3-8-20(19)25-18)22(29)16-9-10-21(28)27(13-16)15-17-6-4-5-11-23-17/h2-8,11-12,16H,9-10,13-15H2,1H3. The smallest absolute Gasteiger partial charge is 0.227 e. The Morgan fingerprint density at radius 1 is 1.10 bits per heavy atom. The van der Waals surface area contributed by atoms with Crippen molar-refractivity contribution in [2.45, 2.75) is 25.9 Å². The van der Waals surface area contributed by atoms with E-state index in [1.54, 1.807) is 29.2 Å². The van der Waals surface area contributed by atoms with Gasteiger partial charge < -0.3 is 9.80 Å². The summed E-state index contributed by atoms with van der Waals surface area (Å²) < 4.78 is 0. The highest BCUT2D eigenvalue weighted by molar-refractivity contribution is 5.83. The second kappa shape index (κ2) is 8.34. The van der Waals surface area contributed by atoms with Crippen LogP contribution >= 0.6 is 0 Å². The third-order valence-electron chi connectivity index (χ3n) is 5.20. The Bertz CT molecular complexity index is 1020. The molecule has 3 aromatic rings. The van der Waals surface area contributed by atoms with Gasteiger partial charge in [-0.2, -0.15) is 0 Å². The van der Waals surface area contributed by atoms with E-state index in [0.717, 1.165) is 22.4 Å². The lowest BCUT2D eigenvalue weighted by Crippen LogP contribution is -2.45. The number of piperidine rings is 1. The highest BCUT2D eigenvalue weighted by Gasteiger charge is 2.32. The summed E-state index contributed by atoms with van der Waals surface area (Å²) in [6.07, 6.45) is 4.38. The monoisotopic (exact) mass is 389 g/mol. The number of aromatic nitrogens is 3. The van der Waals surface area contributed by atoms with Crippen molar-refractivity contribution in [2.24, 2.45) is 5.92 Å². The van der Waals surface area contributed by atoms with Crippen molar-refractivity contribution in [3.05, 3.63) is 66.2 Å². The van der Waals surface area contributed by atoms with Crippen LogP contribution in [-0.4, -0.2) is 50.2 Å². The molecule has 1 aliphatic heterocycles. The van der Waals surface area contributed by atoms with Crippen LogP contribution in [0.5, 0.6) is 0 Å². The molecule has 0 saturated carbocycles. The Balaban J connectivity index is 1.41. The minimum atomic E-state index is -0.213. The van der Waals surface area contributed by atoms with Crippen LogP contribution in [0.4, 0.5) is 0 Å². The second-order valence-corrected chi connectivity index (χ2v) is 7.38. The summed E-state index contributed by atoms with van der Waals surface area (Å²) >= 11 is 0. The summed E-state index contributed by atoms with van der Waals surface area (Å²) in [7, 11) is 1.78. The number of benzene rings is 1. The molecule has 1 aliphatic rings.